The largest absolute Gasteiger partial charge is 0.493 e. The van der Waals surface area contributed by atoms with Gasteiger partial charge in [0.1, 0.15) is 24.1 Å². The number of nitrogens with two attached hydrogens (primary N) is 1. The number of anilines is 1. The Bertz CT molecular complexity index is 1330. The Morgan fingerprint density at radius 1 is 1.00 bits per heavy atom. The first-order valence-electron chi connectivity index (χ1n) is 10.0. The molecule has 0 aliphatic heterocycles. The van der Waals surface area contributed by atoms with Gasteiger partial charge in [-0.3, -0.25) is 0 Å². The molecule has 2 N–H and O–H groups in total. The molecule has 33 heavy (non-hydrogen) atoms. The van der Waals surface area contributed by atoms with Crippen LogP contribution in [0.4, 0.5) is 5.82 Å². The van der Waals surface area contributed by atoms with E-state index in [9.17, 15) is 5.26 Å². The van der Waals surface area contributed by atoms with Gasteiger partial charge in [0, 0.05) is 22.3 Å². The Labute approximate surface area is 201 Å². The summed E-state index contributed by atoms with van der Waals surface area (Å²) in [6, 6.07) is 22.7. The van der Waals surface area contributed by atoms with Crippen LogP contribution in [-0.4, -0.2) is 12.1 Å². The molecule has 0 saturated carbocycles. The van der Waals surface area contributed by atoms with Crippen molar-refractivity contribution in [2.75, 3.05) is 12.8 Å². The van der Waals surface area contributed by atoms with Crippen molar-refractivity contribution in [1.82, 2.24) is 4.98 Å². The summed E-state index contributed by atoms with van der Waals surface area (Å²) in [4.78, 5) is 4.22. The fraction of sp³-hybridized carbons (Fsp3) is 0.0769. The Hall–Kier alpha value is -3.72. The lowest BCUT2D eigenvalue weighted by Crippen LogP contribution is -2.02. The molecule has 0 amide bonds. The Morgan fingerprint density at radius 3 is 2.39 bits per heavy atom. The van der Waals surface area contributed by atoms with Crippen molar-refractivity contribution in [3.8, 4) is 39.8 Å². The summed E-state index contributed by atoms with van der Waals surface area (Å²) in [5, 5.41) is 10.8. The highest BCUT2D eigenvalue weighted by molar-refractivity contribution is 6.32. The van der Waals surface area contributed by atoms with Gasteiger partial charge in [-0.2, -0.15) is 5.26 Å². The molecule has 0 aliphatic rings. The SMILES string of the molecule is COc1cc(-c2c(-c3ccccc3)cnc(N)c2C#N)cc(Cl)c1OCc1ccc(Cl)cc1. The third-order valence-electron chi connectivity index (χ3n) is 5.12. The first kappa shape index (κ1) is 22.5. The summed E-state index contributed by atoms with van der Waals surface area (Å²) in [5.74, 6) is 0.981. The van der Waals surface area contributed by atoms with E-state index in [1.165, 1.54) is 7.11 Å². The van der Waals surface area contributed by atoms with E-state index in [0.717, 1.165) is 16.7 Å². The van der Waals surface area contributed by atoms with Gasteiger partial charge in [-0.15, -0.1) is 0 Å². The molecule has 0 radical (unpaired) electrons. The highest BCUT2D eigenvalue weighted by Gasteiger charge is 2.20. The molecule has 4 aromatic rings. The highest BCUT2D eigenvalue weighted by atomic mass is 35.5. The third-order valence-corrected chi connectivity index (χ3v) is 5.65. The predicted molar refractivity (Wildman–Crippen MR) is 132 cm³/mol. The molecule has 0 fully saturated rings. The number of benzene rings is 3. The van der Waals surface area contributed by atoms with E-state index < -0.39 is 0 Å². The molecule has 0 atom stereocenters. The van der Waals surface area contributed by atoms with E-state index >= 15 is 0 Å². The highest BCUT2D eigenvalue weighted by Crippen LogP contribution is 2.44. The van der Waals surface area contributed by atoms with Gasteiger partial charge in [0.05, 0.1) is 12.1 Å². The molecule has 5 nitrogen and oxygen atoms in total. The van der Waals surface area contributed by atoms with Crippen molar-refractivity contribution in [3.05, 3.63) is 94.1 Å². The lowest BCUT2D eigenvalue weighted by molar-refractivity contribution is 0.285. The number of rotatable bonds is 6. The maximum Gasteiger partial charge on any atom is 0.180 e. The topological polar surface area (TPSA) is 81.2 Å². The molecule has 1 aromatic heterocycles. The number of aromatic nitrogens is 1. The summed E-state index contributed by atoms with van der Waals surface area (Å²) in [6.45, 7) is 0.285. The summed E-state index contributed by atoms with van der Waals surface area (Å²) >= 11 is 12.6. The molecular formula is C26H19Cl2N3O2. The van der Waals surface area contributed by atoms with E-state index in [1.807, 2.05) is 42.5 Å². The summed E-state index contributed by atoms with van der Waals surface area (Å²) in [5.41, 5.74) is 10.2. The minimum Gasteiger partial charge on any atom is -0.493 e. The minimum absolute atomic E-state index is 0.144. The van der Waals surface area contributed by atoms with E-state index in [2.05, 4.69) is 11.1 Å². The van der Waals surface area contributed by atoms with Crippen LogP contribution in [0, 0.1) is 11.3 Å². The second-order valence-corrected chi connectivity index (χ2v) is 8.03. The Morgan fingerprint density at radius 2 is 1.73 bits per heavy atom. The van der Waals surface area contributed by atoms with Gasteiger partial charge in [0.15, 0.2) is 11.5 Å². The van der Waals surface area contributed by atoms with Crippen LogP contribution in [0.15, 0.2) is 72.9 Å². The first-order valence-corrected chi connectivity index (χ1v) is 10.8. The van der Waals surface area contributed by atoms with Crippen LogP contribution in [0.2, 0.25) is 10.0 Å². The predicted octanol–water partition coefficient (Wildman–Crippen LogP) is 6.76. The third kappa shape index (κ3) is 4.73. The second kappa shape index (κ2) is 9.83. The smallest absolute Gasteiger partial charge is 0.180 e. The molecule has 0 bridgehead atoms. The molecule has 0 spiro atoms. The summed E-state index contributed by atoms with van der Waals surface area (Å²) in [7, 11) is 1.54. The van der Waals surface area contributed by atoms with Crippen LogP contribution in [0.5, 0.6) is 11.5 Å². The average molecular weight is 476 g/mol. The maximum atomic E-state index is 9.84. The quantitative estimate of drug-likeness (QED) is 0.332. The molecular weight excluding hydrogens is 457 g/mol. The zero-order valence-corrected chi connectivity index (χ0v) is 19.2. The molecule has 0 aliphatic carbocycles. The fourth-order valence-electron chi connectivity index (χ4n) is 3.52. The maximum absolute atomic E-state index is 9.84. The fourth-order valence-corrected chi connectivity index (χ4v) is 3.91. The van der Waals surface area contributed by atoms with E-state index in [0.29, 0.717) is 32.7 Å². The van der Waals surface area contributed by atoms with Crippen molar-refractivity contribution in [1.29, 1.82) is 5.26 Å². The van der Waals surface area contributed by atoms with Crippen molar-refractivity contribution in [2.24, 2.45) is 0 Å². The molecule has 0 unspecified atom stereocenters. The standard InChI is InChI=1S/C26H19Cl2N3O2/c1-32-23-12-18(11-22(28)25(23)33-15-16-7-9-19(27)10-8-16)24-20(13-29)26(30)31-14-21(24)17-5-3-2-4-6-17/h2-12,14H,15H2,1H3,(H2,30,31). The van der Waals surface area contributed by atoms with Gasteiger partial charge < -0.3 is 15.2 Å². The normalized spacial score (nSPS) is 10.5. The number of hydrogen-bond acceptors (Lipinski definition) is 5. The van der Waals surface area contributed by atoms with Crippen LogP contribution >= 0.6 is 23.2 Å². The number of methoxy groups -OCH3 is 1. The molecule has 164 valence electrons. The lowest BCUT2D eigenvalue weighted by Gasteiger charge is -2.17. The van der Waals surface area contributed by atoms with Gasteiger partial charge in [-0.25, -0.2) is 4.98 Å². The van der Waals surface area contributed by atoms with Crippen LogP contribution in [-0.2, 0) is 6.61 Å². The van der Waals surface area contributed by atoms with Crippen molar-refractivity contribution in [2.45, 2.75) is 6.61 Å². The van der Waals surface area contributed by atoms with Crippen LogP contribution in [0.3, 0.4) is 0 Å². The van der Waals surface area contributed by atoms with Gasteiger partial charge in [0.25, 0.3) is 0 Å². The Kier molecular flexibility index (Phi) is 6.69. The van der Waals surface area contributed by atoms with E-state index in [-0.39, 0.29) is 18.0 Å². The van der Waals surface area contributed by atoms with Crippen LogP contribution in [0.25, 0.3) is 22.3 Å². The molecule has 4 rings (SSSR count). The summed E-state index contributed by atoms with van der Waals surface area (Å²) < 4.78 is 11.6. The van der Waals surface area contributed by atoms with E-state index in [1.54, 1.807) is 30.5 Å². The van der Waals surface area contributed by atoms with Gasteiger partial charge in [-0.05, 0) is 41.0 Å². The number of nitrogens with zero attached hydrogens (tertiary/aromatic N) is 2. The van der Waals surface area contributed by atoms with Gasteiger partial charge in [0.2, 0.25) is 0 Å². The number of pyridine rings is 1. The van der Waals surface area contributed by atoms with Crippen LogP contribution < -0.4 is 15.2 Å². The van der Waals surface area contributed by atoms with E-state index in [4.69, 9.17) is 38.4 Å². The number of ether oxygens (including phenoxy) is 2. The molecule has 3 aromatic carbocycles. The van der Waals surface area contributed by atoms with Gasteiger partial charge >= 0.3 is 0 Å². The monoisotopic (exact) mass is 475 g/mol. The van der Waals surface area contributed by atoms with Crippen molar-refractivity contribution < 1.29 is 9.47 Å². The summed E-state index contributed by atoms with van der Waals surface area (Å²) in [6.07, 6.45) is 1.66. The number of halogens is 2. The minimum atomic E-state index is 0.144. The van der Waals surface area contributed by atoms with Gasteiger partial charge in [-0.1, -0.05) is 65.7 Å². The number of nitriles is 1. The first-order chi connectivity index (χ1) is 16.0. The zero-order chi connectivity index (χ0) is 23.4. The molecule has 7 heteroatoms. The Balaban J connectivity index is 1.80. The number of nitrogen functional groups attached to an aromatic ring is 1. The zero-order valence-electron chi connectivity index (χ0n) is 17.7. The average Bonchev–Trinajstić information content (AvgIpc) is 2.84. The number of hydrogen-bond donors (Lipinski definition) is 1. The molecule has 0 saturated heterocycles. The van der Waals surface area contributed by atoms with Crippen molar-refractivity contribution in [3.63, 3.8) is 0 Å². The van der Waals surface area contributed by atoms with Crippen molar-refractivity contribution >= 4 is 29.0 Å². The van der Waals surface area contributed by atoms with Crippen LogP contribution in [0.1, 0.15) is 11.1 Å². The molecule has 1 heterocycles. The second-order valence-electron chi connectivity index (χ2n) is 7.19. The lowest BCUT2D eigenvalue weighted by atomic mass is 9.92.